The molecule has 97 valence electrons. The minimum Gasteiger partial charge on any atom is -0.492 e. The predicted molar refractivity (Wildman–Crippen MR) is 68.7 cm³/mol. The fourth-order valence-electron chi connectivity index (χ4n) is 2.41. The van der Waals surface area contributed by atoms with Crippen LogP contribution in [-0.2, 0) is 17.8 Å². The number of benzene rings is 1. The molecule has 1 fully saturated rings. The van der Waals surface area contributed by atoms with E-state index in [2.05, 4.69) is 28.4 Å². The van der Waals surface area contributed by atoms with E-state index < -0.39 is 0 Å². The summed E-state index contributed by atoms with van der Waals surface area (Å²) in [5.74, 6) is 0.971. The molecule has 0 bridgehead atoms. The van der Waals surface area contributed by atoms with Gasteiger partial charge in [0.2, 0.25) is 0 Å². The lowest BCUT2D eigenvalue weighted by molar-refractivity contribution is 0.0322. The molecule has 1 radical (unpaired) electrons. The van der Waals surface area contributed by atoms with Crippen LogP contribution in [0.1, 0.15) is 11.1 Å². The molecule has 1 aromatic rings. The summed E-state index contributed by atoms with van der Waals surface area (Å²) in [5, 5.41) is 4.37. The lowest BCUT2D eigenvalue weighted by Gasteiger charge is -2.26. The Morgan fingerprint density at radius 2 is 2.00 bits per heavy atom. The van der Waals surface area contributed by atoms with Crippen molar-refractivity contribution < 1.29 is 9.47 Å². The average molecular weight is 247 g/mol. The molecule has 3 rings (SSSR count). The van der Waals surface area contributed by atoms with Gasteiger partial charge >= 0.3 is 0 Å². The predicted octanol–water partition coefficient (Wildman–Crippen LogP) is 1.02. The molecule has 1 aromatic carbocycles. The molecule has 4 nitrogen and oxygen atoms in total. The Balaban J connectivity index is 1.48. The van der Waals surface area contributed by atoms with Crippen LogP contribution in [0.2, 0.25) is 0 Å². The molecular formula is C14H19N2O2. The second-order valence-corrected chi connectivity index (χ2v) is 4.77. The van der Waals surface area contributed by atoms with Gasteiger partial charge in [-0.2, -0.15) is 0 Å². The molecule has 0 amide bonds. The zero-order valence-electron chi connectivity index (χ0n) is 10.6. The van der Waals surface area contributed by atoms with E-state index in [4.69, 9.17) is 9.47 Å². The zero-order chi connectivity index (χ0) is 12.2. The summed E-state index contributed by atoms with van der Waals surface area (Å²) in [6.07, 6.45) is 0. The van der Waals surface area contributed by atoms with Crippen LogP contribution in [0.25, 0.3) is 0 Å². The third-order valence-electron chi connectivity index (χ3n) is 3.52. The van der Waals surface area contributed by atoms with E-state index in [0.29, 0.717) is 0 Å². The van der Waals surface area contributed by atoms with Gasteiger partial charge in [0.05, 0.1) is 13.2 Å². The summed E-state index contributed by atoms with van der Waals surface area (Å²) in [4.78, 5) is 2.38. The highest BCUT2D eigenvalue weighted by Crippen LogP contribution is 2.22. The summed E-state index contributed by atoms with van der Waals surface area (Å²) in [6.45, 7) is 7.17. The Morgan fingerprint density at radius 3 is 2.89 bits per heavy atom. The van der Waals surface area contributed by atoms with E-state index in [1.54, 1.807) is 0 Å². The molecule has 0 unspecified atom stereocenters. The molecule has 0 atom stereocenters. The molecule has 2 aliphatic heterocycles. The Labute approximate surface area is 108 Å². The molecule has 2 heterocycles. The molecule has 2 aliphatic rings. The van der Waals surface area contributed by atoms with E-state index in [1.807, 2.05) is 0 Å². The first-order chi connectivity index (χ1) is 8.92. The lowest BCUT2D eigenvalue weighted by Crippen LogP contribution is -2.38. The fourth-order valence-corrected chi connectivity index (χ4v) is 2.41. The highest BCUT2D eigenvalue weighted by atomic mass is 16.5. The van der Waals surface area contributed by atoms with Gasteiger partial charge in [-0.05, 0) is 23.3 Å². The van der Waals surface area contributed by atoms with Crippen molar-refractivity contribution >= 4 is 0 Å². The second kappa shape index (κ2) is 5.69. The van der Waals surface area contributed by atoms with Gasteiger partial charge in [-0.3, -0.25) is 4.90 Å². The number of ether oxygens (including phenoxy) is 2. The van der Waals surface area contributed by atoms with Crippen molar-refractivity contribution in [3.05, 3.63) is 29.3 Å². The van der Waals surface area contributed by atoms with Crippen molar-refractivity contribution in [1.29, 1.82) is 0 Å². The molecule has 0 spiro atoms. The van der Waals surface area contributed by atoms with Crippen molar-refractivity contribution in [2.24, 2.45) is 0 Å². The van der Waals surface area contributed by atoms with Gasteiger partial charge in [0.25, 0.3) is 0 Å². The number of morpholine rings is 1. The van der Waals surface area contributed by atoms with E-state index in [9.17, 15) is 0 Å². The summed E-state index contributed by atoms with van der Waals surface area (Å²) >= 11 is 0. The largest absolute Gasteiger partial charge is 0.492 e. The van der Waals surface area contributed by atoms with E-state index in [-0.39, 0.29) is 0 Å². The first-order valence-corrected chi connectivity index (χ1v) is 6.60. The standard InChI is InChI=1S/C14H19N2O2/c1-2-14(9-13-11-15-10-12(1)13)18-8-5-16-3-6-17-7-4-16/h1-2,9H,3-8,10-11H2. The number of nitrogens with zero attached hydrogens (tertiary/aromatic N) is 2. The smallest absolute Gasteiger partial charge is 0.119 e. The van der Waals surface area contributed by atoms with Gasteiger partial charge in [0.1, 0.15) is 12.4 Å². The van der Waals surface area contributed by atoms with Gasteiger partial charge in [0, 0.05) is 32.7 Å². The first kappa shape index (κ1) is 12.0. The maximum absolute atomic E-state index is 5.81. The fraction of sp³-hybridized carbons (Fsp3) is 0.571. The topological polar surface area (TPSA) is 35.8 Å². The number of rotatable bonds is 4. The number of hydrogen-bond acceptors (Lipinski definition) is 3. The van der Waals surface area contributed by atoms with Gasteiger partial charge in [-0.1, -0.05) is 6.07 Å². The second-order valence-electron chi connectivity index (χ2n) is 4.77. The van der Waals surface area contributed by atoms with Crippen molar-refractivity contribution in [2.75, 3.05) is 39.5 Å². The number of hydrogen-bond donors (Lipinski definition) is 0. The summed E-state index contributed by atoms with van der Waals surface area (Å²) < 4.78 is 11.1. The average Bonchev–Trinajstić information content (AvgIpc) is 2.87. The highest BCUT2D eigenvalue weighted by Gasteiger charge is 2.12. The van der Waals surface area contributed by atoms with Crippen LogP contribution in [0.15, 0.2) is 18.2 Å². The molecule has 1 saturated heterocycles. The van der Waals surface area contributed by atoms with Crippen LogP contribution in [0.3, 0.4) is 0 Å². The van der Waals surface area contributed by atoms with Crippen LogP contribution < -0.4 is 10.1 Å². The van der Waals surface area contributed by atoms with E-state index >= 15 is 0 Å². The summed E-state index contributed by atoms with van der Waals surface area (Å²) in [7, 11) is 0. The van der Waals surface area contributed by atoms with Crippen LogP contribution in [0.5, 0.6) is 5.75 Å². The molecule has 0 aromatic heterocycles. The van der Waals surface area contributed by atoms with Crippen LogP contribution in [-0.4, -0.2) is 44.4 Å². The normalized spacial score (nSPS) is 19.8. The summed E-state index contributed by atoms with van der Waals surface area (Å²) in [5.41, 5.74) is 2.66. The van der Waals surface area contributed by atoms with Crippen LogP contribution >= 0.6 is 0 Å². The molecule has 4 heteroatoms. The maximum atomic E-state index is 5.81. The van der Waals surface area contributed by atoms with Crippen LogP contribution in [0.4, 0.5) is 0 Å². The molecule has 18 heavy (non-hydrogen) atoms. The molecular weight excluding hydrogens is 228 g/mol. The van der Waals surface area contributed by atoms with Crippen molar-refractivity contribution in [3.8, 4) is 5.75 Å². The lowest BCUT2D eigenvalue weighted by atomic mass is 10.1. The minimum absolute atomic E-state index is 0.746. The minimum atomic E-state index is 0.746. The maximum Gasteiger partial charge on any atom is 0.119 e. The Bertz CT molecular complexity index is 403. The third-order valence-corrected chi connectivity index (χ3v) is 3.52. The van der Waals surface area contributed by atoms with Gasteiger partial charge in [-0.25, -0.2) is 5.32 Å². The van der Waals surface area contributed by atoms with Gasteiger partial charge < -0.3 is 9.47 Å². The Hall–Kier alpha value is -1.10. The van der Waals surface area contributed by atoms with Gasteiger partial charge in [0.15, 0.2) is 0 Å². The molecule has 0 N–H and O–H groups in total. The summed E-state index contributed by atoms with van der Waals surface area (Å²) in [6, 6.07) is 6.32. The highest BCUT2D eigenvalue weighted by molar-refractivity contribution is 5.37. The molecule has 0 aliphatic carbocycles. The van der Waals surface area contributed by atoms with Crippen LogP contribution in [0, 0.1) is 0 Å². The quantitative estimate of drug-likeness (QED) is 0.797. The van der Waals surface area contributed by atoms with Crippen molar-refractivity contribution in [1.82, 2.24) is 10.2 Å². The third kappa shape index (κ3) is 2.83. The Kier molecular flexibility index (Phi) is 3.78. The SMILES string of the molecule is c1cc2c(cc1OCCN1CCOCC1)C[N]C2. The van der Waals surface area contributed by atoms with Crippen molar-refractivity contribution in [3.63, 3.8) is 0 Å². The Morgan fingerprint density at radius 1 is 1.17 bits per heavy atom. The first-order valence-electron chi connectivity index (χ1n) is 6.60. The zero-order valence-corrected chi connectivity index (χ0v) is 10.6. The van der Waals surface area contributed by atoms with Gasteiger partial charge in [-0.15, -0.1) is 0 Å². The van der Waals surface area contributed by atoms with E-state index in [0.717, 1.165) is 58.3 Å². The monoisotopic (exact) mass is 247 g/mol. The van der Waals surface area contributed by atoms with Crippen molar-refractivity contribution in [2.45, 2.75) is 13.1 Å². The van der Waals surface area contributed by atoms with E-state index in [1.165, 1.54) is 11.1 Å². The number of fused-ring (bicyclic) bond motifs is 1. The molecule has 0 saturated carbocycles.